The molecular weight excluding hydrogens is 544 g/mol. The summed E-state index contributed by atoms with van der Waals surface area (Å²) in [6.07, 6.45) is 19.1. The number of methoxy groups -OCH3 is 1. The van der Waals surface area contributed by atoms with E-state index < -0.39 is 0 Å². The van der Waals surface area contributed by atoms with Crippen molar-refractivity contribution in [3.8, 4) is 11.5 Å². The van der Waals surface area contributed by atoms with Crippen LogP contribution in [0.5, 0.6) is 11.5 Å². The molecule has 0 bridgehead atoms. The number of nitrogen functional groups attached to an aromatic ring is 2. The van der Waals surface area contributed by atoms with Gasteiger partial charge in [0.15, 0.2) is 11.5 Å². The van der Waals surface area contributed by atoms with Gasteiger partial charge in [-0.05, 0) is 73.6 Å². The van der Waals surface area contributed by atoms with Crippen molar-refractivity contribution in [1.82, 2.24) is 0 Å². The van der Waals surface area contributed by atoms with Crippen molar-refractivity contribution < 1.29 is 28.5 Å². The van der Waals surface area contributed by atoms with E-state index in [-0.39, 0.29) is 11.9 Å². The zero-order chi connectivity index (χ0) is 30.7. The van der Waals surface area contributed by atoms with Crippen LogP contribution in [0.2, 0.25) is 0 Å². The molecule has 236 valence electrons. The fraction of sp³-hybridized carbons (Fsp3) is 0.543. The van der Waals surface area contributed by atoms with Crippen LogP contribution in [0.3, 0.4) is 0 Å². The standard InChI is InChI=1S/C35H50N2O6/c1-40-33-22-27(16-18-32(33)43-26-28-14-10-9-11-15-28)17-19-34(38)41-20-12-7-5-3-2-4-6-8-13-21-42-35(39)29-23-30(36)25-31(37)24-29/h16-19,22-25,28H,2-15,20-21,26,36-37H2,1H3/b19-17+. The lowest BCUT2D eigenvalue weighted by atomic mass is 9.90. The smallest absolute Gasteiger partial charge is 0.338 e. The van der Waals surface area contributed by atoms with Gasteiger partial charge < -0.3 is 30.4 Å². The fourth-order valence-corrected chi connectivity index (χ4v) is 5.34. The molecule has 1 saturated carbocycles. The number of carbonyl (C=O) groups is 2. The highest BCUT2D eigenvalue weighted by atomic mass is 16.5. The van der Waals surface area contributed by atoms with E-state index >= 15 is 0 Å². The van der Waals surface area contributed by atoms with Crippen LogP contribution in [0.1, 0.15) is 106 Å². The van der Waals surface area contributed by atoms with Gasteiger partial charge in [0.1, 0.15) is 0 Å². The molecule has 1 aliphatic carbocycles. The van der Waals surface area contributed by atoms with Crippen molar-refractivity contribution in [2.24, 2.45) is 5.92 Å². The minimum atomic E-state index is -0.387. The Morgan fingerprint density at radius 3 is 2.00 bits per heavy atom. The van der Waals surface area contributed by atoms with Crippen LogP contribution in [0.15, 0.2) is 42.5 Å². The summed E-state index contributed by atoms with van der Waals surface area (Å²) in [7, 11) is 1.63. The Hall–Kier alpha value is -3.68. The summed E-state index contributed by atoms with van der Waals surface area (Å²) < 4.78 is 22.2. The molecular formula is C35H50N2O6. The van der Waals surface area contributed by atoms with Crippen molar-refractivity contribution in [3.05, 3.63) is 53.6 Å². The third-order valence-electron chi connectivity index (χ3n) is 7.78. The van der Waals surface area contributed by atoms with E-state index in [2.05, 4.69) is 0 Å². The van der Waals surface area contributed by atoms with Gasteiger partial charge in [-0.2, -0.15) is 0 Å². The van der Waals surface area contributed by atoms with Gasteiger partial charge in [-0.15, -0.1) is 0 Å². The van der Waals surface area contributed by atoms with Gasteiger partial charge in [-0.1, -0.05) is 70.3 Å². The molecule has 8 nitrogen and oxygen atoms in total. The SMILES string of the molecule is COc1cc(/C=C/C(=O)OCCCCCCCCCCCOC(=O)c2cc(N)cc(N)c2)ccc1OCC1CCCCC1. The highest BCUT2D eigenvalue weighted by molar-refractivity contribution is 5.91. The Morgan fingerprint density at radius 1 is 0.767 bits per heavy atom. The maximum atomic E-state index is 12.1. The summed E-state index contributed by atoms with van der Waals surface area (Å²) in [4.78, 5) is 24.2. The molecule has 2 aromatic rings. The fourth-order valence-electron chi connectivity index (χ4n) is 5.34. The van der Waals surface area contributed by atoms with E-state index in [4.69, 9.17) is 30.4 Å². The number of anilines is 2. The zero-order valence-corrected chi connectivity index (χ0v) is 25.8. The Bertz CT molecular complexity index is 1140. The van der Waals surface area contributed by atoms with Gasteiger partial charge >= 0.3 is 11.9 Å². The van der Waals surface area contributed by atoms with Crippen molar-refractivity contribution in [2.75, 3.05) is 38.4 Å². The summed E-state index contributed by atoms with van der Waals surface area (Å²) in [5, 5.41) is 0. The Morgan fingerprint density at radius 2 is 1.37 bits per heavy atom. The lowest BCUT2D eigenvalue weighted by Gasteiger charge is -2.22. The van der Waals surface area contributed by atoms with Crippen LogP contribution >= 0.6 is 0 Å². The number of unbranched alkanes of at least 4 members (excludes halogenated alkanes) is 8. The number of ether oxygens (including phenoxy) is 4. The molecule has 1 aliphatic rings. The van der Waals surface area contributed by atoms with Gasteiger partial charge in [-0.25, -0.2) is 9.59 Å². The van der Waals surface area contributed by atoms with E-state index in [0.717, 1.165) is 62.9 Å². The summed E-state index contributed by atoms with van der Waals surface area (Å²) in [5.41, 5.74) is 13.6. The molecule has 8 heteroatoms. The first-order chi connectivity index (χ1) is 20.9. The molecule has 0 aliphatic heterocycles. The molecule has 2 aromatic carbocycles. The second kappa shape index (κ2) is 19.5. The first-order valence-corrected chi connectivity index (χ1v) is 15.9. The van der Waals surface area contributed by atoms with Crippen LogP contribution in [0, 0.1) is 5.92 Å². The lowest BCUT2D eigenvalue weighted by Crippen LogP contribution is -2.15. The second-order valence-corrected chi connectivity index (χ2v) is 11.4. The highest BCUT2D eigenvalue weighted by Gasteiger charge is 2.15. The average molecular weight is 595 g/mol. The van der Waals surface area contributed by atoms with Crippen molar-refractivity contribution in [3.63, 3.8) is 0 Å². The predicted molar refractivity (Wildman–Crippen MR) is 172 cm³/mol. The Kier molecular flexibility index (Phi) is 15.3. The van der Waals surface area contributed by atoms with Gasteiger partial charge in [0.2, 0.25) is 0 Å². The van der Waals surface area contributed by atoms with Crippen LogP contribution in [0.25, 0.3) is 6.08 Å². The zero-order valence-electron chi connectivity index (χ0n) is 25.8. The Balaban J connectivity index is 1.16. The van der Waals surface area contributed by atoms with Crippen LogP contribution < -0.4 is 20.9 Å². The molecule has 3 rings (SSSR count). The third-order valence-corrected chi connectivity index (χ3v) is 7.78. The molecule has 0 radical (unpaired) electrons. The van der Waals surface area contributed by atoms with Gasteiger partial charge in [0.25, 0.3) is 0 Å². The minimum absolute atomic E-state index is 0.334. The topological polar surface area (TPSA) is 123 Å². The predicted octanol–water partition coefficient (Wildman–Crippen LogP) is 7.74. The maximum Gasteiger partial charge on any atom is 0.338 e. The molecule has 0 heterocycles. The normalized spacial score (nSPS) is 13.6. The molecule has 0 amide bonds. The quantitative estimate of drug-likeness (QED) is 0.0733. The Labute approximate surface area is 257 Å². The molecule has 1 fully saturated rings. The van der Waals surface area contributed by atoms with E-state index in [1.165, 1.54) is 51.0 Å². The lowest BCUT2D eigenvalue weighted by molar-refractivity contribution is -0.137. The number of rotatable bonds is 19. The molecule has 0 unspecified atom stereocenters. The number of carbonyl (C=O) groups excluding carboxylic acids is 2. The summed E-state index contributed by atoms with van der Waals surface area (Å²) in [6, 6.07) is 10.5. The van der Waals surface area contributed by atoms with E-state index in [0.29, 0.717) is 41.8 Å². The average Bonchev–Trinajstić information content (AvgIpc) is 3.01. The first-order valence-electron chi connectivity index (χ1n) is 15.9. The largest absolute Gasteiger partial charge is 0.493 e. The first kappa shape index (κ1) is 33.8. The van der Waals surface area contributed by atoms with Crippen LogP contribution in [-0.2, 0) is 14.3 Å². The molecule has 43 heavy (non-hydrogen) atoms. The summed E-state index contributed by atoms with van der Waals surface area (Å²) in [5.74, 6) is 1.32. The van der Waals surface area contributed by atoms with E-state index in [9.17, 15) is 9.59 Å². The number of nitrogens with two attached hydrogens (primary N) is 2. The molecule has 0 atom stereocenters. The molecule has 4 N–H and O–H groups in total. The number of esters is 2. The number of benzene rings is 2. The summed E-state index contributed by atoms with van der Waals surface area (Å²) >= 11 is 0. The minimum Gasteiger partial charge on any atom is -0.493 e. The van der Waals surface area contributed by atoms with E-state index in [1.807, 2.05) is 18.2 Å². The molecule has 0 saturated heterocycles. The number of hydrogen-bond donors (Lipinski definition) is 2. The van der Waals surface area contributed by atoms with Crippen LogP contribution in [-0.4, -0.2) is 38.9 Å². The number of hydrogen-bond acceptors (Lipinski definition) is 8. The van der Waals surface area contributed by atoms with E-state index in [1.54, 1.807) is 31.4 Å². The third kappa shape index (κ3) is 13.4. The van der Waals surface area contributed by atoms with Gasteiger partial charge in [0.05, 0.1) is 32.5 Å². The highest BCUT2D eigenvalue weighted by Crippen LogP contribution is 2.31. The van der Waals surface area contributed by atoms with Gasteiger partial charge in [0, 0.05) is 17.5 Å². The summed E-state index contributed by atoms with van der Waals surface area (Å²) in [6.45, 7) is 1.56. The van der Waals surface area contributed by atoms with Crippen molar-refractivity contribution in [1.29, 1.82) is 0 Å². The molecule has 0 spiro atoms. The van der Waals surface area contributed by atoms with Crippen LogP contribution in [0.4, 0.5) is 11.4 Å². The second-order valence-electron chi connectivity index (χ2n) is 11.4. The van der Waals surface area contributed by atoms with Crippen molar-refractivity contribution >= 4 is 29.4 Å². The molecule has 0 aromatic heterocycles. The van der Waals surface area contributed by atoms with Crippen molar-refractivity contribution in [2.45, 2.75) is 89.9 Å². The van der Waals surface area contributed by atoms with Gasteiger partial charge in [-0.3, -0.25) is 0 Å². The monoisotopic (exact) mass is 594 g/mol. The maximum absolute atomic E-state index is 12.1.